The lowest BCUT2D eigenvalue weighted by molar-refractivity contribution is -0.161. The Hall–Kier alpha value is -0.700. The summed E-state index contributed by atoms with van der Waals surface area (Å²) < 4.78 is 0. The first kappa shape index (κ1) is 18.1. The van der Waals surface area contributed by atoms with Gasteiger partial charge in [0.05, 0.1) is 6.10 Å². The molecule has 0 radical (unpaired) electrons. The van der Waals surface area contributed by atoms with Crippen LogP contribution in [0.3, 0.4) is 0 Å². The average molecular weight is 335 g/mol. The van der Waals surface area contributed by atoms with Gasteiger partial charge in [-0.1, -0.05) is 21.3 Å². The molecule has 4 saturated carbocycles. The summed E-state index contributed by atoms with van der Waals surface area (Å²) in [6.07, 6.45) is 8.65. The van der Waals surface area contributed by atoms with Crippen molar-refractivity contribution in [2.45, 2.75) is 78.7 Å². The second-order valence-corrected chi connectivity index (χ2v) is 9.43. The average Bonchev–Trinajstić information content (AvgIpc) is 2.83. The van der Waals surface area contributed by atoms with Crippen molar-refractivity contribution < 1.29 is 14.7 Å². The minimum Gasteiger partial charge on any atom is -0.393 e. The molecule has 0 heterocycles. The van der Waals surface area contributed by atoms with Gasteiger partial charge in [0, 0.05) is 18.3 Å². The molecule has 4 rings (SSSR count). The summed E-state index contributed by atoms with van der Waals surface area (Å²) in [5, 5.41) is 10.1. The smallest absolute Gasteiger partial charge is 0.137 e. The molecule has 5 unspecified atom stereocenters. The lowest BCUT2D eigenvalue weighted by Crippen LogP contribution is -2.57. The Balaban J connectivity index is 0.00000169. The Kier molecular flexibility index (Phi) is 4.47. The van der Waals surface area contributed by atoms with E-state index < -0.39 is 0 Å². The molecule has 3 heteroatoms. The van der Waals surface area contributed by atoms with Crippen LogP contribution in [-0.2, 0) is 9.59 Å². The van der Waals surface area contributed by atoms with E-state index in [1.165, 1.54) is 0 Å². The van der Waals surface area contributed by atoms with E-state index in [0.29, 0.717) is 30.0 Å². The molecule has 8 atom stereocenters. The zero-order chi connectivity index (χ0) is 16.4. The highest BCUT2D eigenvalue weighted by Gasteiger charge is 2.63. The quantitative estimate of drug-likeness (QED) is 0.737. The van der Waals surface area contributed by atoms with Crippen LogP contribution in [-0.4, -0.2) is 23.3 Å². The van der Waals surface area contributed by atoms with Gasteiger partial charge in [0.1, 0.15) is 12.1 Å². The third-order valence-corrected chi connectivity index (χ3v) is 8.56. The van der Waals surface area contributed by atoms with Crippen LogP contribution in [0.5, 0.6) is 0 Å². The van der Waals surface area contributed by atoms with Crippen molar-refractivity contribution in [3.8, 4) is 0 Å². The van der Waals surface area contributed by atoms with E-state index in [2.05, 4.69) is 13.8 Å². The van der Waals surface area contributed by atoms with Crippen LogP contribution in [0.15, 0.2) is 0 Å². The first-order chi connectivity index (χ1) is 10.9. The Labute approximate surface area is 146 Å². The van der Waals surface area contributed by atoms with Gasteiger partial charge in [0.25, 0.3) is 0 Å². The summed E-state index contributed by atoms with van der Waals surface area (Å²) in [5.41, 5.74) is -0.00277. The van der Waals surface area contributed by atoms with Crippen molar-refractivity contribution in [3.05, 3.63) is 0 Å². The number of carbonyl (C=O) groups is 2. The Morgan fingerprint density at radius 1 is 1.08 bits per heavy atom. The maximum atomic E-state index is 13.2. The van der Waals surface area contributed by atoms with Crippen molar-refractivity contribution in [3.63, 3.8) is 0 Å². The first-order valence-electron chi connectivity index (χ1n) is 9.56. The number of Topliss-reactive ketones (excluding diaryl/α,β-unsaturated/α-hetero) is 1. The van der Waals surface area contributed by atoms with Gasteiger partial charge in [-0.25, -0.2) is 0 Å². The van der Waals surface area contributed by atoms with E-state index in [1.807, 2.05) is 0 Å². The topological polar surface area (TPSA) is 54.4 Å². The van der Waals surface area contributed by atoms with Crippen LogP contribution in [0.25, 0.3) is 0 Å². The van der Waals surface area contributed by atoms with Crippen LogP contribution in [0.1, 0.15) is 72.6 Å². The number of ketones is 1. The summed E-state index contributed by atoms with van der Waals surface area (Å²) in [6, 6.07) is 0. The summed E-state index contributed by atoms with van der Waals surface area (Å²) in [4.78, 5) is 24.7. The zero-order valence-corrected chi connectivity index (χ0v) is 14.5. The SMILES string of the molecule is C.C[C@]12CCC(O)CC1CCC1C2C(=O)C[C@@]2(C)C1CC[C@@H]2C=O. The van der Waals surface area contributed by atoms with Crippen molar-refractivity contribution in [1.29, 1.82) is 0 Å². The maximum Gasteiger partial charge on any atom is 0.137 e. The van der Waals surface area contributed by atoms with Gasteiger partial charge in [0.15, 0.2) is 0 Å². The molecule has 0 bridgehead atoms. The number of aliphatic hydroxyl groups excluding tert-OH is 1. The molecule has 0 aliphatic heterocycles. The predicted molar refractivity (Wildman–Crippen MR) is 94.4 cm³/mol. The molecule has 0 aromatic carbocycles. The van der Waals surface area contributed by atoms with Crippen molar-refractivity contribution in [2.75, 3.05) is 0 Å². The predicted octanol–water partition coefficient (Wildman–Crippen LogP) is 4.02. The van der Waals surface area contributed by atoms with E-state index in [9.17, 15) is 14.7 Å². The number of hydrogen-bond donors (Lipinski definition) is 1. The molecule has 3 nitrogen and oxygen atoms in total. The van der Waals surface area contributed by atoms with Gasteiger partial charge in [-0.3, -0.25) is 4.79 Å². The molecule has 0 amide bonds. The van der Waals surface area contributed by atoms with E-state index in [0.717, 1.165) is 51.2 Å². The van der Waals surface area contributed by atoms with Gasteiger partial charge in [-0.05, 0) is 73.5 Å². The fraction of sp³-hybridized carbons (Fsp3) is 0.905. The lowest BCUT2D eigenvalue weighted by atomic mass is 9.44. The molecule has 0 aromatic rings. The normalized spacial score (nSPS) is 53.4. The largest absolute Gasteiger partial charge is 0.393 e. The van der Waals surface area contributed by atoms with Gasteiger partial charge >= 0.3 is 0 Å². The van der Waals surface area contributed by atoms with Crippen LogP contribution in [0.4, 0.5) is 0 Å². The molecule has 1 N–H and O–H groups in total. The highest BCUT2D eigenvalue weighted by Crippen LogP contribution is 2.66. The van der Waals surface area contributed by atoms with Gasteiger partial charge in [0.2, 0.25) is 0 Å². The van der Waals surface area contributed by atoms with Gasteiger partial charge < -0.3 is 9.90 Å². The summed E-state index contributed by atoms with van der Waals surface area (Å²) >= 11 is 0. The fourth-order valence-corrected chi connectivity index (χ4v) is 7.31. The van der Waals surface area contributed by atoms with E-state index in [1.54, 1.807) is 0 Å². The number of rotatable bonds is 1. The maximum absolute atomic E-state index is 13.2. The van der Waals surface area contributed by atoms with Crippen LogP contribution >= 0.6 is 0 Å². The van der Waals surface area contributed by atoms with E-state index >= 15 is 0 Å². The van der Waals surface area contributed by atoms with E-state index in [4.69, 9.17) is 0 Å². The third kappa shape index (κ3) is 2.26. The molecular formula is C21H34O3. The van der Waals surface area contributed by atoms with Crippen molar-refractivity contribution in [1.82, 2.24) is 0 Å². The van der Waals surface area contributed by atoms with Gasteiger partial charge in [-0.2, -0.15) is 0 Å². The summed E-state index contributed by atoms with van der Waals surface area (Å²) in [7, 11) is 0. The number of aldehydes is 1. The Morgan fingerprint density at radius 2 is 1.83 bits per heavy atom. The standard InChI is InChI=1S/C20H30O3.CH4/c1-19-8-7-14(22)9-12(19)3-5-15-16-6-4-13(11-21)20(16,2)10-17(23)18(15)19;/h11-16,18,22H,3-10H2,1-2H3;1H4/t12?,13-,14?,15?,16?,18?,19+,20-;/m1./s1. The minimum absolute atomic E-state index is 0. The minimum atomic E-state index is -0.167. The number of aliphatic hydroxyl groups is 1. The molecule has 0 spiro atoms. The van der Waals surface area contributed by atoms with E-state index in [-0.39, 0.29) is 36.2 Å². The van der Waals surface area contributed by atoms with Crippen LogP contribution in [0, 0.1) is 40.4 Å². The molecule has 4 aliphatic rings. The molecule has 4 fully saturated rings. The monoisotopic (exact) mass is 334 g/mol. The Morgan fingerprint density at radius 3 is 2.54 bits per heavy atom. The molecular weight excluding hydrogens is 300 g/mol. The Bertz CT molecular complexity index is 529. The molecule has 4 aliphatic carbocycles. The first-order valence-corrected chi connectivity index (χ1v) is 9.56. The van der Waals surface area contributed by atoms with Gasteiger partial charge in [-0.15, -0.1) is 0 Å². The zero-order valence-electron chi connectivity index (χ0n) is 14.5. The molecule has 0 aromatic heterocycles. The van der Waals surface area contributed by atoms with Crippen molar-refractivity contribution >= 4 is 12.1 Å². The number of fused-ring (bicyclic) bond motifs is 5. The third-order valence-electron chi connectivity index (χ3n) is 8.56. The highest BCUT2D eigenvalue weighted by atomic mass is 16.3. The number of hydrogen-bond acceptors (Lipinski definition) is 3. The second-order valence-electron chi connectivity index (χ2n) is 9.43. The molecule has 0 saturated heterocycles. The summed E-state index contributed by atoms with van der Waals surface area (Å²) in [5.74, 6) is 2.20. The van der Waals surface area contributed by atoms with Crippen LogP contribution < -0.4 is 0 Å². The van der Waals surface area contributed by atoms with Crippen LogP contribution in [0.2, 0.25) is 0 Å². The highest BCUT2D eigenvalue weighted by molar-refractivity contribution is 5.85. The molecule has 136 valence electrons. The van der Waals surface area contributed by atoms with Crippen molar-refractivity contribution in [2.24, 2.45) is 40.4 Å². The number of carbonyl (C=O) groups excluding carboxylic acids is 2. The summed E-state index contributed by atoms with van der Waals surface area (Å²) in [6.45, 7) is 4.53. The second kappa shape index (κ2) is 5.93. The molecule has 24 heavy (non-hydrogen) atoms. The fourth-order valence-electron chi connectivity index (χ4n) is 7.31. The lowest BCUT2D eigenvalue weighted by Gasteiger charge is -2.59.